The highest BCUT2D eigenvalue weighted by molar-refractivity contribution is 5.93. The van der Waals surface area contributed by atoms with E-state index in [0.717, 1.165) is 23.1 Å². The van der Waals surface area contributed by atoms with E-state index in [1.54, 1.807) is 6.08 Å². The smallest absolute Gasteiger partial charge is 0.156 e. The molecule has 0 aromatic carbocycles. The van der Waals surface area contributed by atoms with Gasteiger partial charge in [0.2, 0.25) is 0 Å². The second-order valence-electron chi connectivity index (χ2n) is 5.13. The summed E-state index contributed by atoms with van der Waals surface area (Å²) in [5.74, 6) is 0.288. The Balaban J connectivity index is 2.61. The van der Waals surface area contributed by atoms with Gasteiger partial charge in [0.05, 0.1) is 11.5 Å². The molecule has 0 amide bonds. The lowest BCUT2D eigenvalue weighted by Gasteiger charge is -2.42. The fourth-order valence-electron chi connectivity index (χ4n) is 3.07. The molecule has 2 rings (SSSR count). The van der Waals surface area contributed by atoms with Gasteiger partial charge in [0, 0.05) is 12.3 Å². The molecule has 0 aromatic rings. The molecule has 88 valence electrons. The van der Waals surface area contributed by atoms with Gasteiger partial charge in [-0.3, -0.25) is 4.79 Å². The van der Waals surface area contributed by atoms with E-state index < -0.39 is 5.41 Å². The summed E-state index contributed by atoms with van der Waals surface area (Å²) in [4.78, 5) is 11.6. The number of fused-ring (bicyclic) bond motifs is 1. The van der Waals surface area contributed by atoms with E-state index in [1.807, 2.05) is 13.8 Å². The van der Waals surface area contributed by atoms with Crippen LogP contribution < -0.4 is 0 Å². The second-order valence-corrected chi connectivity index (χ2v) is 5.13. The fraction of sp³-hybridized carbons (Fsp3) is 0.467. The zero-order valence-corrected chi connectivity index (χ0v) is 10.4. The van der Waals surface area contributed by atoms with Crippen molar-refractivity contribution in [1.29, 1.82) is 5.26 Å². The minimum atomic E-state index is -0.515. The molecule has 2 aliphatic rings. The van der Waals surface area contributed by atoms with Crippen molar-refractivity contribution in [3.8, 4) is 6.07 Å². The van der Waals surface area contributed by atoms with Crippen molar-refractivity contribution in [2.75, 3.05) is 0 Å². The quantitative estimate of drug-likeness (QED) is 0.645. The number of rotatable bonds is 1. The molecular formula is C15H17NO. The third-order valence-electron chi connectivity index (χ3n) is 4.03. The molecule has 0 unspecified atom stereocenters. The lowest BCUT2D eigenvalue weighted by molar-refractivity contribution is -0.115. The SMILES string of the molecule is C=C(C)[C@H]1CC=C(C)C2=CC(=O)CC[C@]21C#N. The zero-order valence-electron chi connectivity index (χ0n) is 10.4. The Labute approximate surface area is 102 Å². The summed E-state index contributed by atoms with van der Waals surface area (Å²) in [6.45, 7) is 7.98. The number of nitrogens with zero attached hydrogens (tertiary/aromatic N) is 1. The molecule has 2 nitrogen and oxygen atoms in total. The topological polar surface area (TPSA) is 40.9 Å². The van der Waals surface area contributed by atoms with Crippen LogP contribution in [0.5, 0.6) is 0 Å². The largest absolute Gasteiger partial charge is 0.295 e. The first-order chi connectivity index (χ1) is 8.01. The van der Waals surface area contributed by atoms with E-state index in [-0.39, 0.29) is 11.7 Å². The molecule has 0 radical (unpaired) electrons. The van der Waals surface area contributed by atoms with Crippen LogP contribution in [0.2, 0.25) is 0 Å². The minimum absolute atomic E-state index is 0.140. The van der Waals surface area contributed by atoms with Crippen molar-refractivity contribution < 1.29 is 4.79 Å². The van der Waals surface area contributed by atoms with Crippen LogP contribution >= 0.6 is 0 Å². The van der Waals surface area contributed by atoms with Gasteiger partial charge in [-0.15, -0.1) is 0 Å². The standard InChI is InChI=1S/C15H17NO/c1-10(2)13-5-4-11(3)14-8-12(17)6-7-15(13,14)9-16/h4,8,13H,1,5-7H2,2-3H3/t13-,15-/m1/s1. The number of ketones is 1. The molecule has 0 spiro atoms. The molecule has 0 heterocycles. The van der Waals surface area contributed by atoms with Crippen molar-refractivity contribution in [3.63, 3.8) is 0 Å². The molecule has 2 aliphatic carbocycles. The minimum Gasteiger partial charge on any atom is -0.295 e. The highest BCUT2D eigenvalue weighted by atomic mass is 16.1. The Kier molecular flexibility index (Phi) is 2.79. The van der Waals surface area contributed by atoms with Gasteiger partial charge in [-0.2, -0.15) is 5.26 Å². The first kappa shape index (κ1) is 11.9. The molecule has 0 saturated heterocycles. The Bertz CT molecular complexity index is 490. The summed E-state index contributed by atoms with van der Waals surface area (Å²) in [5, 5.41) is 9.63. The molecule has 17 heavy (non-hydrogen) atoms. The average molecular weight is 227 g/mol. The van der Waals surface area contributed by atoms with E-state index in [0.29, 0.717) is 12.8 Å². The summed E-state index contributed by atoms with van der Waals surface area (Å²) < 4.78 is 0. The first-order valence-corrected chi connectivity index (χ1v) is 6.00. The van der Waals surface area contributed by atoms with E-state index in [4.69, 9.17) is 0 Å². The van der Waals surface area contributed by atoms with Gasteiger partial charge in [-0.25, -0.2) is 0 Å². The van der Waals surface area contributed by atoms with Crippen LogP contribution in [0.3, 0.4) is 0 Å². The van der Waals surface area contributed by atoms with Crippen molar-refractivity contribution in [2.24, 2.45) is 11.3 Å². The summed E-state index contributed by atoms with van der Waals surface area (Å²) >= 11 is 0. The van der Waals surface area contributed by atoms with E-state index >= 15 is 0 Å². The van der Waals surface area contributed by atoms with Gasteiger partial charge in [0.25, 0.3) is 0 Å². The lowest BCUT2D eigenvalue weighted by atomic mass is 9.58. The fourth-order valence-corrected chi connectivity index (χ4v) is 3.07. The maximum absolute atomic E-state index is 11.6. The van der Waals surface area contributed by atoms with Crippen LogP contribution in [-0.2, 0) is 4.79 Å². The summed E-state index contributed by atoms with van der Waals surface area (Å²) in [5.41, 5.74) is 2.53. The Morgan fingerprint density at radius 2 is 2.35 bits per heavy atom. The predicted molar refractivity (Wildman–Crippen MR) is 67.0 cm³/mol. The van der Waals surface area contributed by atoms with Crippen LogP contribution in [0, 0.1) is 22.7 Å². The molecule has 2 atom stereocenters. The third-order valence-corrected chi connectivity index (χ3v) is 4.03. The van der Waals surface area contributed by atoms with Gasteiger partial charge in [-0.05, 0) is 38.3 Å². The molecule has 0 N–H and O–H groups in total. The number of nitriles is 1. The predicted octanol–water partition coefficient (Wildman–Crippen LogP) is 3.33. The molecule has 0 bridgehead atoms. The average Bonchev–Trinajstić information content (AvgIpc) is 2.30. The van der Waals surface area contributed by atoms with Crippen molar-refractivity contribution in [2.45, 2.75) is 33.1 Å². The van der Waals surface area contributed by atoms with Crippen molar-refractivity contribution in [3.05, 3.63) is 35.5 Å². The van der Waals surface area contributed by atoms with Gasteiger partial charge >= 0.3 is 0 Å². The molecular weight excluding hydrogens is 210 g/mol. The van der Waals surface area contributed by atoms with Gasteiger partial charge in [-0.1, -0.05) is 23.8 Å². The molecule has 0 saturated carbocycles. The number of allylic oxidation sites excluding steroid dienone is 5. The van der Waals surface area contributed by atoms with Crippen LogP contribution in [0.4, 0.5) is 0 Å². The van der Waals surface area contributed by atoms with Crippen LogP contribution in [0.15, 0.2) is 35.5 Å². The first-order valence-electron chi connectivity index (χ1n) is 6.00. The Morgan fingerprint density at radius 1 is 1.65 bits per heavy atom. The zero-order chi connectivity index (χ0) is 12.6. The number of carbonyl (C=O) groups is 1. The summed E-state index contributed by atoms with van der Waals surface area (Å²) in [7, 11) is 0. The monoisotopic (exact) mass is 227 g/mol. The highest BCUT2D eigenvalue weighted by Crippen LogP contribution is 2.52. The Morgan fingerprint density at radius 3 is 2.94 bits per heavy atom. The van der Waals surface area contributed by atoms with Crippen LogP contribution in [0.25, 0.3) is 0 Å². The number of carbonyl (C=O) groups excluding carboxylic acids is 1. The second kappa shape index (κ2) is 4.00. The van der Waals surface area contributed by atoms with Crippen LogP contribution in [0.1, 0.15) is 33.1 Å². The molecule has 0 fully saturated rings. The van der Waals surface area contributed by atoms with E-state index in [9.17, 15) is 10.1 Å². The maximum Gasteiger partial charge on any atom is 0.156 e. The summed E-state index contributed by atoms with van der Waals surface area (Å²) in [6.07, 6.45) is 5.78. The van der Waals surface area contributed by atoms with Crippen molar-refractivity contribution in [1.82, 2.24) is 0 Å². The van der Waals surface area contributed by atoms with E-state index in [1.165, 1.54) is 0 Å². The summed E-state index contributed by atoms with van der Waals surface area (Å²) in [6, 6.07) is 2.48. The van der Waals surface area contributed by atoms with Gasteiger partial charge < -0.3 is 0 Å². The molecule has 0 aromatic heterocycles. The molecule has 2 heteroatoms. The van der Waals surface area contributed by atoms with Crippen molar-refractivity contribution >= 4 is 5.78 Å². The normalized spacial score (nSPS) is 32.1. The van der Waals surface area contributed by atoms with E-state index in [2.05, 4.69) is 18.7 Å². The third kappa shape index (κ3) is 1.67. The lowest BCUT2D eigenvalue weighted by Crippen LogP contribution is -2.38. The number of hydrogen-bond acceptors (Lipinski definition) is 2. The van der Waals surface area contributed by atoms with Gasteiger partial charge in [0.15, 0.2) is 5.78 Å². The molecule has 0 aliphatic heterocycles. The van der Waals surface area contributed by atoms with Gasteiger partial charge in [0.1, 0.15) is 0 Å². The highest BCUT2D eigenvalue weighted by Gasteiger charge is 2.47. The van der Waals surface area contributed by atoms with Crippen LogP contribution in [-0.4, -0.2) is 5.78 Å². The Hall–Kier alpha value is -1.62. The number of hydrogen-bond donors (Lipinski definition) is 0. The maximum atomic E-state index is 11.6.